The highest BCUT2D eigenvalue weighted by Crippen LogP contribution is 2.31. The van der Waals surface area contributed by atoms with Gasteiger partial charge in [0.05, 0.1) is 12.7 Å². The van der Waals surface area contributed by atoms with Crippen molar-refractivity contribution in [2.24, 2.45) is 5.73 Å². The molecule has 3 rings (SSSR count). The van der Waals surface area contributed by atoms with Crippen molar-refractivity contribution in [2.75, 3.05) is 19.7 Å². The molecule has 0 unspecified atom stereocenters. The minimum atomic E-state index is -0.454. The van der Waals surface area contributed by atoms with Gasteiger partial charge in [0, 0.05) is 23.7 Å². The van der Waals surface area contributed by atoms with Crippen LogP contribution in [0.25, 0.3) is 0 Å². The summed E-state index contributed by atoms with van der Waals surface area (Å²) in [7, 11) is 0. The second kappa shape index (κ2) is 7.13. The third kappa shape index (κ3) is 3.55. The maximum atomic E-state index is 12.0. The van der Waals surface area contributed by atoms with Crippen LogP contribution in [0.15, 0.2) is 54.6 Å². The average Bonchev–Trinajstić information content (AvgIpc) is 2.56. The molecule has 2 aromatic carbocycles. The SMILES string of the molecule is NC(=O)[C@H](c1ccccc1)N1CCO[C@@H](c2ccccc2Cl)C1. The van der Waals surface area contributed by atoms with Crippen LogP contribution >= 0.6 is 11.6 Å². The van der Waals surface area contributed by atoms with Crippen molar-refractivity contribution in [1.82, 2.24) is 4.90 Å². The number of carbonyl (C=O) groups is 1. The lowest BCUT2D eigenvalue weighted by molar-refractivity contribution is -0.127. The zero-order valence-corrected chi connectivity index (χ0v) is 13.4. The third-order valence-electron chi connectivity index (χ3n) is 4.10. The second-order valence-corrected chi connectivity index (χ2v) is 6.00. The topological polar surface area (TPSA) is 55.6 Å². The lowest BCUT2D eigenvalue weighted by atomic mass is 10.0. The Morgan fingerprint density at radius 3 is 2.57 bits per heavy atom. The van der Waals surface area contributed by atoms with Gasteiger partial charge >= 0.3 is 0 Å². The normalized spacial score (nSPS) is 20.1. The zero-order valence-electron chi connectivity index (χ0n) is 12.7. The van der Waals surface area contributed by atoms with Gasteiger partial charge in [-0.3, -0.25) is 9.69 Å². The number of benzene rings is 2. The molecule has 5 heteroatoms. The van der Waals surface area contributed by atoms with Crippen LogP contribution in [0.1, 0.15) is 23.3 Å². The Morgan fingerprint density at radius 1 is 1.17 bits per heavy atom. The van der Waals surface area contributed by atoms with Crippen molar-refractivity contribution in [3.05, 3.63) is 70.7 Å². The number of nitrogens with zero attached hydrogens (tertiary/aromatic N) is 1. The number of hydrogen-bond donors (Lipinski definition) is 1. The molecule has 2 N–H and O–H groups in total. The number of halogens is 1. The Bertz CT molecular complexity index is 678. The van der Waals surface area contributed by atoms with E-state index < -0.39 is 6.04 Å². The highest BCUT2D eigenvalue weighted by molar-refractivity contribution is 6.31. The monoisotopic (exact) mass is 330 g/mol. The Labute approximate surface area is 140 Å². The van der Waals surface area contributed by atoms with E-state index in [1.54, 1.807) is 0 Å². The van der Waals surface area contributed by atoms with Crippen LogP contribution in [-0.2, 0) is 9.53 Å². The molecule has 0 radical (unpaired) electrons. The molecule has 1 aliphatic heterocycles. The predicted octanol–water partition coefficient (Wildman–Crippen LogP) is 2.94. The first-order valence-corrected chi connectivity index (χ1v) is 7.99. The average molecular weight is 331 g/mol. The van der Waals surface area contributed by atoms with E-state index in [1.807, 2.05) is 54.6 Å². The molecule has 1 saturated heterocycles. The molecule has 23 heavy (non-hydrogen) atoms. The van der Waals surface area contributed by atoms with Gasteiger partial charge in [0.25, 0.3) is 0 Å². The number of rotatable bonds is 4. The minimum absolute atomic E-state index is 0.164. The third-order valence-corrected chi connectivity index (χ3v) is 4.44. The summed E-state index contributed by atoms with van der Waals surface area (Å²) in [5.41, 5.74) is 7.51. The van der Waals surface area contributed by atoms with Gasteiger partial charge in [0.2, 0.25) is 5.91 Å². The summed E-state index contributed by atoms with van der Waals surface area (Å²) in [5, 5.41) is 0.676. The highest BCUT2D eigenvalue weighted by atomic mass is 35.5. The first-order chi connectivity index (χ1) is 11.2. The van der Waals surface area contributed by atoms with Crippen LogP contribution in [0, 0.1) is 0 Å². The molecular weight excluding hydrogens is 312 g/mol. The lowest BCUT2D eigenvalue weighted by Gasteiger charge is -2.37. The van der Waals surface area contributed by atoms with Crippen molar-refractivity contribution in [1.29, 1.82) is 0 Å². The molecule has 0 spiro atoms. The highest BCUT2D eigenvalue weighted by Gasteiger charge is 2.32. The van der Waals surface area contributed by atoms with Gasteiger partial charge in [0.15, 0.2) is 0 Å². The van der Waals surface area contributed by atoms with Crippen LogP contribution in [0.3, 0.4) is 0 Å². The summed E-state index contributed by atoms with van der Waals surface area (Å²) in [6.07, 6.45) is -0.164. The lowest BCUT2D eigenvalue weighted by Crippen LogP contribution is -2.45. The van der Waals surface area contributed by atoms with Gasteiger partial charge < -0.3 is 10.5 Å². The molecule has 0 bridgehead atoms. The van der Waals surface area contributed by atoms with E-state index in [2.05, 4.69) is 4.90 Å². The van der Waals surface area contributed by atoms with E-state index >= 15 is 0 Å². The molecule has 1 heterocycles. The number of primary amides is 1. The van der Waals surface area contributed by atoms with E-state index in [0.717, 1.165) is 11.1 Å². The van der Waals surface area contributed by atoms with Gasteiger partial charge in [-0.05, 0) is 11.6 Å². The summed E-state index contributed by atoms with van der Waals surface area (Å²) in [6, 6.07) is 16.8. The van der Waals surface area contributed by atoms with E-state index in [4.69, 9.17) is 22.1 Å². The predicted molar refractivity (Wildman–Crippen MR) is 90.1 cm³/mol. The van der Waals surface area contributed by atoms with Crippen molar-refractivity contribution in [3.8, 4) is 0 Å². The fourth-order valence-electron chi connectivity index (χ4n) is 3.02. The second-order valence-electron chi connectivity index (χ2n) is 5.59. The van der Waals surface area contributed by atoms with Crippen molar-refractivity contribution in [3.63, 3.8) is 0 Å². The van der Waals surface area contributed by atoms with Crippen LogP contribution in [0.4, 0.5) is 0 Å². The first kappa shape index (κ1) is 16.0. The van der Waals surface area contributed by atoms with Crippen molar-refractivity contribution >= 4 is 17.5 Å². The van der Waals surface area contributed by atoms with E-state index in [0.29, 0.717) is 24.7 Å². The summed E-state index contributed by atoms with van der Waals surface area (Å²) in [6.45, 7) is 1.77. The number of nitrogens with two attached hydrogens (primary N) is 1. The molecule has 0 aliphatic carbocycles. The maximum absolute atomic E-state index is 12.0. The maximum Gasteiger partial charge on any atom is 0.239 e. The number of amides is 1. The van der Waals surface area contributed by atoms with Gasteiger partial charge in [-0.1, -0.05) is 60.1 Å². The summed E-state index contributed by atoms with van der Waals surface area (Å²) in [5.74, 6) is -0.351. The van der Waals surface area contributed by atoms with Crippen molar-refractivity contribution in [2.45, 2.75) is 12.1 Å². The first-order valence-electron chi connectivity index (χ1n) is 7.61. The largest absolute Gasteiger partial charge is 0.371 e. The standard InChI is InChI=1S/C18H19ClN2O2/c19-15-9-5-4-8-14(15)16-12-21(10-11-23-16)17(18(20)22)13-6-2-1-3-7-13/h1-9,16-17H,10-12H2,(H2,20,22)/t16-,17+/m1/s1. The minimum Gasteiger partial charge on any atom is -0.371 e. The van der Waals surface area contributed by atoms with E-state index in [1.165, 1.54) is 0 Å². The molecule has 4 nitrogen and oxygen atoms in total. The van der Waals surface area contributed by atoms with Gasteiger partial charge in [0.1, 0.15) is 6.04 Å². The summed E-state index contributed by atoms with van der Waals surface area (Å²) >= 11 is 6.27. The van der Waals surface area contributed by atoms with Crippen LogP contribution in [0.5, 0.6) is 0 Å². The Hall–Kier alpha value is -1.88. The van der Waals surface area contributed by atoms with Gasteiger partial charge in [-0.25, -0.2) is 0 Å². The zero-order chi connectivity index (χ0) is 16.2. The van der Waals surface area contributed by atoms with Crippen molar-refractivity contribution < 1.29 is 9.53 Å². The Kier molecular flexibility index (Phi) is 4.96. The Balaban J connectivity index is 1.84. The number of carbonyl (C=O) groups excluding carboxylic acids is 1. The van der Waals surface area contributed by atoms with Crippen LogP contribution < -0.4 is 5.73 Å². The van der Waals surface area contributed by atoms with E-state index in [-0.39, 0.29) is 12.0 Å². The smallest absolute Gasteiger partial charge is 0.239 e. The number of hydrogen-bond acceptors (Lipinski definition) is 3. The molecule has 2 atom stereocenters. The quantitative estimate of drug-likeness (QED) is 0.937. The molecule has 0 saturated carbocycles. The molecule has 0 aromatic heterocycles. The molecule has 1 amide bonds. The molecular formula is C18H19ClN2O2. The molecule has 1 fully saturated rings. The fourth-order valence-corrected chi connectivity index (χ4v) is 3.28. The van der Waals surface area contributed by atoms with Gasteiger partial charge in [-0.15, -0.1) is 0 Å². The molecule has 2 aromatic rings. The summed E-state index contributed by atoms with van der Waals surface area (Å²) in [4.78, 5) is 14.1. The number of morpholine rings is 1. The summed E-state index contributed by atoms with van der Waals surface area (Å²) < 4.78 is 5.86. The van der Waals surface area contributed by atoms with E-state index in [9.17, 15) is 4.79 Å². The number of ether oxygens (including phenoxy) is 1. The molecule has 1 aliphatic rings. The van der Waals surface area contributed by atoms with Crippen LogP contribution in [-0.4, -0.2) is 30.5 Å². The van der Waals surface area contributed by atoms with Crippen LogP contribution in [0.2, 0.25) is 5.02 Å². The van der Waals surface area contributed by atoms with Gasteiger partial charge in [-0.2, -0.15) is 0 Å². The Morgan fingerprint density at radius 2 is 1.87 bits per heavy atom. The fraction of sp³-hybridized carbons (Fsp3) is 0.278. The molecule has 120 valence electrons.